The summed E-state index contributed by atoms with van der Waals surface area (Å²) in [6, 6.07) is 7.40. The summed E-state index contributed by atoms with van der Waals surface area (Å²) >= 11 is 0. The summed E-state index contributed by atoms with van der Waals surface area (Å²) in [7, 11) is 0. The van der Waals surface area contributed by atoms with Crippen LogP contribution in [0.25, 0.3) is 0 Å². The molecule has 3 rings (SSSR count). The Kier molecular flexibility index (Phi) is 4.52. The van der Waals surface area contributed by atoms with Crippen molar-refractivity contribution in [2.75, 3.05) is 0 Å². The monoisotopic (exact) mass is 356 g/mol. The third-order valence-corrected chi connectivity index (χ3v) is 5.09. The van der Waals surface area contributed by atoms with Crippen LogP contribution in [-0.4, -0.2) is 26.8 Å². The Hall–Kier alpha value is -2.76. The van der Waals surface area contributed by atoms with Gasteiger partial charge in [0.1, 0.15) is 5.82 Å². The number of carboxylic acids is 1. The van der Waals surface area contributed by atoms with Gasteiger partial charge in [-0.1, -0.05) is 23.8 Å². The second kappa shape index (κ2) is 6.52. The van der Waals surface area contributed by atoms with E-state index in [9.17, 15) is 19.1 Å². The number of halogens is 1. The smallest absolute Gasteiger partial charge is 0.320 e. The lowest BCUT2D eigenvalue weighted by Gasteiger charge is -2.38. The van der Waals surface area contributed by atoms with Crippen molar-refractivity contribution in [1.82, 2.24) is 9.78 Å². The predicted octanol–water partition coefficient (Wildman–Crippen LogP) is 3.87. The van der Waals surface area contributed by atoms with Crippen molar-refractivity contribution >= 4 is 11.9 Å². The molecule has 1 aromatic carbocycles. The summed E-state index contributed by atoms with van der Waals surface area (Å²) in [5, 5.41) is 14.3. The second-order valence-corrected chi connectivity index (χ2v) is 6.96. The number of aryl methyl sites for hydroxylation is 2. The SMILES string of the molecule is CC1=C[C@@H](c2ccc(F)cc2)[C@](C(=O)O)(C(=O)n2nc(C)cc2C)CC1. The van der Waals surface area contributed by atoms with Gasteiger partial charge in [0.05, 0.1) is 5.69 Å². The van der Waals surface area contributed by atoms with E-state index in [4.69, 9.17) is 0 Å². The Bertz CT molecular complexity index is 898. The summed E-state index contributed by atoms with van der Waals surface area (Å²) in [4.78, 5) is 25.8. The summed E-state index contributed by atoms with van der Waals surface area (Å²) in [5.41, 5.74) is 1.18. The molecule has 1 aliphatic rings. The molecule has 6 heteroatoms. The van der Waals surface area contributed by atoms with Crippen LogP contribution in [0.1, 0.15) is 47.4 Å². The number of allylic oxidation sites excluding steroid dienone is 2. The van der Waals surface area contributed by atoms with Crippen LogP contribution in [0.5, 0.6) is 0 Å². The van der Waals surface area contributed by atoms with Crippen molar-refractivity contribution in [1.29, 1.82) is 0 Å². The number of aliphatic carboxylic acids is 1. The van der Waals surface area contributed by atoms with Gasteiger partial charge in [0, 0.05) is 11.6 Å². The zero-order valence-electron chi connectivity index (χ0n) is 15.0. The molecule has 5 nitrogen and oxygen atoms in total. The van der Waals surface area contributed by atoms with Crippen molar-refractivity contribution in [3.05, 3.63) is 64.7 Å². The first-order valence-electron chi connectivity index (χ1n) is 8.50. The van der Waals surface area contributed by atoms with E-state index >= 15 is 0 Å². The molecule has 0 bridgehead atoms. The van der Waals surface area contributed by atoms with E-state index in [2.05, 4.69) is 5.10 Å². The van der Waals surface area contributed by atoms with Crippen LogP contribution in [0, 0.1) is 25.1 Å². The van der Waals surface area contributed by atoms with Crippen molar-refractivity contribution in [3.8, 4) is 0 Å². The van der Waals surface area contributed by atoms with Gasteiger partial charge < -0.3 is 5.11 Å². The number of hydrogen-bond donors (Lipinski definition) is 1. The Balaban J connectivity index is 2.19. The van der Waals surface area contributed by atoms with Crippen molar-refractivity contribution < 1.29 is 19.1 Å². The molecule has 0 saturated carbocycles. The Labute approximate surface area is 151 Å². The van der Waals surface area contributed by atoms with E-state index in [1.165, 1.54) is 16.8 Å². The molecular weight excluding hydrogens is 335 g/mol. The number of carbonyl (C=O) groups excluding carboxylic acids is 1. The van der Waals surface area contributed by atoms with Crippen molar-refractivity contribution in [2.24, 2.45) is 5.41 Å². The number of rotatable bonds is 3. The van der Waals surface area contributed by atoms with Crippen LogP contribution in [-0.2, 0) is 4.79 Å². The van der Waals surface area contributed by atoms with Crippen LogP contribution in [0.3, 0.4) is 0 Å². The summed E-state index contributed by atoms with van der Waals surface area (Å²) in [6.45, 7) is 5.40. The molecule has 2 atom stereocenters. The minimum absolute atomic E-state index is 0.171. The molecule has 0 unspecified atom stereocenters. The fourth-order valence-electron chi connectivity index (χ4n) is 3.71. The van der Waals surface area contributed by atoms with Gasteiger partial charge >= 0.3 is 5.97 Å². The third kappa shape index (κ3) is 2.85. The fourth-order valence-corrected chi connectivity index (χ4v) is 3.71. The largest absolute Gasteiger partial charge is 0.480 e. The molecule has 0 radical (unpaired) electrons. The highest BCUT2D eigenvalue weighted by Gasteiger charge is 2.54. The van der Waals surface area contributed by atoms with Gasteiger partial charge in [-0.3, -0.25) is 9.59 Å². The molecule has 136 valence electrons. The molecule has 26 heavy (non-hydrogen) atoms. The molecule has 1 aromatic heterocycles. The first-order chi connectivity index (χ1) is 12.3. The van der Waals surface area contributed by atoms with Crippen LogP contribution in [0.4, 0.5) is 4.39 Å². The minimum Gasteiger partial charge on any atom is -0.480 e. The lowest BCUT2D eigenvalue weighted by atomic mass is 9.64. The number of carbonyl (C=O) groups is 2. The maximum Gasteiger partial charge on any atom is 0.320 e. The zero-order chi connectivity index (χ0) is 19.1. The lowest BCUT2D eigenvalue weighted by Crippen LogP contribution is -2.48. The molecule has 1 aliphatic carbocycles. The van der Waals surface area contributed by atoms with Gasteiger partial charge in [-0.05, 0) is 57.4 Å². The topological polar surface area (TPSA) is 72.2 Å². The molecule has 0 spiro atoms. The number of aromatic nitrogens is 2. The highest BCUT2D eigenvalue weighted by molar-refractivity contribution is 6.04. The van der Waals surface area contributed by atoms with E-state index in [-0.39, 0.29) is 6.42 Å². The van der Waals surface area contributed by atoms with Gasteiger partial charge in [-0.2, -0.15) is 5.10 Å². The second-order valence-electron chi connectivity index (χ2n) is 6.96. The first-order valence-corrected chi connectivity index (χ1v) is 8.50. The maximum atomic E-state index is 13.4. The van der Waals surface area contributed by atoms with Gasteiger partial charge in [-0.15, -0.1) is 0 Å². The Morgan fingerprint density at radius 3 is 2.42 bits per heavy atom. The van der Waals surface area contributed by atoms with E-state index in [0.717, 1.165) is 5.57 Å². The number of carboxylic acid groups (broad SMARTS) is 1. The summed E-state index contributed by atoms with van der Waals surface area (Å²) in [5.74, 6) is -2.84. The molecular formula is C20H21FN2O3. The highest BCUT2D eigenvalue weighted by atomic mass is 19.1. The van der Waals surface area contributed by atoms with Gasteiger partial charge in [0.15, 0.2) is 5.41 Å². The molecule has 0 fully saturated rings. The van der Waals surface area contributed by atoms with E-state index in [1.807, 2.05) is 13.0 Å². The quantitative estimate of drug-likeness (QED) is 0.669. The third-order valence-electron chi connectivity index (χ3n) is 5.09. The summed E-state index contributed by atoms with van der Waals surface area (Å²) in [6.07, 6.45) is 2.49. The van der Waals surface area contributed by atoms with E-state index < -0.39 is 29.0 Å². The highest BCUT2D eigenvalue weighted by Crippen LogP contribution is 2.47. The van der Waals surface area contributed by atoms with Crippen LogP contribution in [0.2, 0.25) is 0 Å². The van der Waals surface area contributed by atoms with Crippen LogP contribution < -0.4 is 0 Å². The number of benzene rings is 1. The Morgan fingerprint density at radius 1 is 1.23 bits per heavy atom. The Morgan fingerprint density at radius 2 is 1.88 bits per heavy atom. The van der Waals surface area contributed by atoms with Gasteiger partial charge in [0.2, 0.25) is 0 Å². The van der Waals surface area contributed by atoms with Gasteiger partial charge in [0.25, 0.3) is 5.91 Å². The number of hydrogen-bond acceptors (Lipinski definition) is 3. The van der Waals surface area contributed by atoms with Crippen molar-refractivity contribution in [3.63, 3.8) is 0 Å². The lowest BCUT2D eigenvalue weighted by molar-refractivity contribution is -0.147. The first kappa shape index (κ1) is 18.0. The van der Waals surface area contributed by atoms with E-state index in [1.54, 1.807) is 32.0 Å². The normalized spacial score (nSPS) is 22.8. The molecule has 1 N–H and O–H groups in total. The van der Waals surface area contributed by atoms with Gasteiger partial charge in [-0.25, -0.2) is 9.07 Å². The number of nitrogens with zero attached hydrogens (tertiary/aromatic N) is 2. The van der Waals surface area contributed by atoms with E-state index in [0.29, 0.717) is 23.4 Å². The molecule has 0 aliphatic heterocycles. The molecule has 0 amide bonds. The van der Waals surface area contributed by atoms with Crippen LogP contribution >= 0.6 is 0 Å². The van der Waals surface area contributed by atoms with Crippen LogP contribution in [0.15, 0.2) is 42.0 Å². The average Bonchev–Trinajstić information content (AvgIpc) is 2.93. The average molecular weight is 356 g/mol. The standard InChI is InChI=1S/C20H21FN2O3/c1-12-8-9-20(19(25)26,18(24)23-14(3)11-13(2)22-23)17(10-12)15-4-6-16(21)7-5-15/h4-7,10-11,17H,8-9H2,1-3H3,(H,25,26)/t17-,20-/m0/s1. The fraction of sp³-hybridized carbons (Fsp3) is 0.350. The molecule has 1 heterocycles. The predicted molar refractivity (Wildman–Crippen MR) is 94.5 cm³/mol. The van der Waals surface area contributed by atoms with Crippen molar-refractivity contribution in [2.45, 2.75) is 39.5 Å². The minimum atomic E-state index is -1.68. The zero-order valence-corrected chi connectivity index (χ0v) is 15.0. The summed E-state index contributed by atoms with van der Waals surface area (Å²) < 4.78 is 14.5. The molecule has 0 saturated heterocycles. The molecule has 2 aromatic rings. The maximum absolute atomic E-state index is 13.4.